The average molecular weight is 302 g/mol. The highest BCUT2D eigenvalue weighted by molar-refractivity contribution is 6.52. The lowest BCUT2D eigenvalue weighted by atomic mass is 11.4. The Morgan fingerprint density at radius 2 is 0.706 bits per heavy atom. The summed E-state index contributed by atoms with van der Waals surface area (Å²) < 4.78 is 121. The van der Waals surface area contributed by atoms with E-state index in [9.17, 15) is 43.6 Å². The van der Waals surface area contributed by atoms with Crippen LogP contribution in [0.4, 0.5) is 43.6 Å². The zero-order chi connectivity index (χ0) is 14.1. The van der Waals surface area contributed by atoms with Crippen molar-refractivity contribution in [2.45, 2.75) is 19.1 Å². The Morgan fingerprint density at radius 1 is 0.529 bits per heavy atom. The molecule has 0 fully saturated rings. The molecule has 104 valence electrons. The van der Waals surface area contributed by atoms with Gasteiger partial charge in [-0.3, -0.25) is 13.3 Å². The van der Waals surface area contributed by atoms with E-state index in [4.69, 9.17) is 0 Å². The molecular formula is C3F10O3Si. The van der Waals surface area contributed by atoms with Gasteiger partial charge in [-0.05, 0) is 0 Å². The summed E-state index contributed by atoms with van der Waals surface area (Å²) in [5.74, 6) is 0. The molecule has 0 spiro atoms. The molecule has 0 aliphatic heterocycles. The van der Waals surface area contributed by atoms with Gasteiger partial charge >= 0.3 is 28.2 Å². The van der Waals surface area contributed by atoms with Gasteiger partial charge in [-0.1, -0.05) is 0 Å². The topological polar surface area (TPSA) is 27.7 Å². The lowest BCUT2D eigenvalue weighted by Crippen LogP contribution is -2.51. The summed E-state index contributed by atoms with van der Waals surface area (Å²) in [5, 5.41) is 0. The van der Waals surface area contributed by atoms with Gasteiger partial charge in [0.2, 0.25) is 0 Å². The van der Waals surface area contributed by atoms with Crippen LogP contribution in [-0.2, 0) is 13.3 Å². The molecule has 0 aliphatic carbocycles. The first kappa shape index (κ1) is 16.4. The molecule has 0 rings (SSSR count). The lowest BCUT2D eigenvalue weighted by Gasteiger charge is -2.23. The van der Waals surface area contributed by atoms with Gasteiger partial charge in [0.05, 0.1) is 0 Å². The second-order valence-electron chi connectivity index (χ2n) is 2.12. The summed E-state index contributed by atoms with van der Waals surface area (Å²) in [5.41, 5.74) is 0. The smallest absolute Gasteiger partial charge is 0.257 e. The van der Waals surface area contributed by atoms with E-state index < -0.39 is 28.2 Å². The Kier molecular flexibility index (Phi) is 4.42. The van der Waals surface area contributed by atoms with Gasteiger partial charge < -0.3 is 0 Å². The lowest BCUT2D eigenvalue weighted by molar-refractivity contribution is -0.375. The first-order valence-electron chi connectivity index (χ1n) is 3.11. The number of alkyl halides is 9. The Morgan fingerprint density at radius 3 is 0.824 bits per heavy atom. The summed E-state index contributed by atoms with van der Waals surface area (Å²) in [6.07, 6.45) is -18.4. The molecule has 0 unspecified atom stereocenters. The van der Waals surface area contributed by atoms with Crippen molar-refractivity contribution in [1.29, 1.82) is 0 Å². The van der Waals surface area contributed by atoms with E-state index in [0.29, 0.717) is 0 Å². The fraction of sp³-hybridized carbons (Fsp3) is 1.00. The average Bonchev–Trinajstić information content (AvgIpc) is 1.65. The molecule has 0 aliphatic rings. The molecule has 3 nitrogen and oxygen atoms in total. The molecule has 0 atom stereocenters. The monoisotopic (exact) mass is 302 g/mol. The Hall–Kier alpha value is -0.603. The Bertz CT molecular complexity index is 212. The Labute approximate surface area is 86.4 Å². The van der Waals surface area contributed by atoms with Crippen LogP contribution in [0, 0.1) is 0 Å². The normalized spacial score (nSPS) is 15.2. The number of hydrogen-bond donors (Lipinski definition) is 0. The van der Waals surface area contributed by atoms with Crippen LogP contribution in [0.1, 0.15) is 0 Å². The van der Waals surface area contributed by atoms with Crippen LogP contribution in [0.15, 0.2) is 0 Å². The minimum absolute atomic E-state index is 1.97. The molecule has 0 radical (unpaired) electrons. The summed E-state index contributed by atoms with van der Waals surface area (Å²) in [6, 6.07) is 0. The van der Waals surface area contributed by atoms with Crippen molar-refractivity contribution in [3.05, 3.63) is 0 Å². The predicted octanol–water partition coefficient (Wildman–Crippen LogP) is 3.00. The van der Waals surface area contributed by atoms with E-state index in [1.54, 1.807) is 0 Å². The molecule has 0 aromatic rings. The van der Waals surface area contributed by atoms with Crippen LogP contribution >= 0.6 is 0 Å². The van der Waals surface area contributed by atoms with Crippen molar-refractivity contribution in [2.24, 2.45) is 0 Å². The molecule has 0 heterocycles. The SMILES string of the molecule is FC(F)(F)O[Si](F)(OC(F)(F)F)OC(F)(F)F. The largest absolute Gasteiger partial charge is 0.739 e. The van der Waals surface area contributed by atoms with Gasteiger partial charge in [0.15, 0.2) is 0 Å². The van der Waals surface area contributed by atoms with E-state index in [0.717, 1.165) is 0 Å². The summed E-state index contributed by atoms with van der Waals surface area (Å²) in [7, 11) is -7.53. The predicted molar refractivity (Wildman–Crippen MR) is 28.3 cm³/mol. The van der Waals surface area contributed by atoms with Gasteiger partial charge in [0, 0.05) is 0 Å². The molecule has 0 amide bonds. The number of hydrogen-bond acceptors (Lipinski definition) is 3. The van der Waals surface area contributed by atoms with Crippen LogP contribution in [0.5, 0.6) is 0 Å². The van der Waals surface area contributed by atoms with Crippen molar-refractivity contribution in [3.63, 3.8) is 0 Å². The van der Waals surface area contributed by atoms with Crippen LogP contribution in [-0.4, -0.2) is 28.2 Å². The van der Waals surface area contributed by atoms with Crippen molar-refractivity contribution in [2.75, 3.05) is 0 Å². The summed E-state index contributed by atoms with van der Waals surface area (Å²) in [4.78, 5) is 0. The van der Waals surface area contributed by atoms with Crippen molar-refractivity contribution < 1.29 is 56.9 Å². The fourth-order valence-electron chi connectivity index (χ4n) is 0.477. The fourth-order valence-corrected chi connectivity index (χ4v) is 1.43. The third-order valence-corrected chi connectivity index (χ3v) is 2.14. The number of halogens is 10. The maximum atomic E-state index is 12.6. The van der Waals surface area contributed by atoms with E-state index >= 15 is 0 Å². The molecule has 0 saturated carbocycles. The summed E-state index contributed by atoms with van der Waals surface area (Å²) >= 11 is 0. The minimum atomic E-state index is -7.53. The first-order chi connectivity index (χ1) is 7.12. The van der Waals surface area contributed by atoms with Gasteiger partial charge in [-0.15, -0.1) is 39.5 Å². The van der Waals surface area contributed by atoms with Gasteiger partial charge in [0.1, 0.15) is 0 Å². The quantitative estimate of drug-likeness (QED) is 0.456. The molecule has 14 heteroatoms. The zero-order valence-electron chi connectivity index (χ0n) is 7.00. The molecular weight excluding hydrogens is 302 g/mol. The van der Waals surface area contributed by atoms with E-state index in [2.05, 4.69) is 0 Å². The minimum Gasteiger partial charge on any atom is -0.257 e. The van der Waals surface area contributed by atoms with Crippen LogP contribution < -0.4 is 0 Å². The van der Waals surface area contributed by atoms with Crippen LogP contribution in [0.3, 0.4) is 0 Å². The maximum Gasteiger partial charge on any atom is 0.739 e. The standard InChI is InChI=1S/C3F10O3Si/c4-1(5,6)14-17(13,15-2(7,8)9)16-3(10,11)12. The van der Waals surface area contributed by atoms with E-state index in [1.807, 2.05) is 13.3 Å². The molecule has 0 saturated heterocycles. The molecule has 0 N–H and O–H groups in total. The highest BCUT2D eigenvalue weighted by Crippen LogP contribution is 2.34. The third kappa shape index (κ3) is 9.13. The van der Waals surface area contributed by atoms with E-state index in [-0.39, 0.29) is 0 Å². The van der Waals surface area contributed by atoms with Crippen molar-refractivity contribution in [1.82, 2.24) is 0 Å². The van der Waals surface area contributed by atoms with Crippen LogP contribution in [0.25, 0.3) is 0 Å². The number of rotatable bonds is 3. The van der Waals surface area contributed by atoms with Gasteiger partial charge in [-0.2, -0.15) is 0 Å². The summed E-state index contributed by atoms with van der Waals surface area (Å²) in [6.45, 7) is 0. The van der Waals surface area contributed by atoms with Crippen LogP contribution in [0.2, 0.25) is 0 Å². The van der Waals surface area contributed by atoms with Gasteiger partial charge in [0.25, 0.3) is 0 Å². The maximum absolute atomic E-state index is 12.6. The highest BCUT2D eigenvalue weighted by atomic mass is 28.4. The zero-order valence-corrected chi connectivity index (χ0v) is 8.00. The second-order valence-corrected chi connectivity index (χ2v) is 3.70. The molecule has 17 heavy (non-hydrogen) atoms. The molecule has 0 bridgehead atoms. The first-order valence-corrected chi connectivity index (χ1v) is 4.72. The second kappa shape index (κ2) is 4.58. The highest BCUT2D eigenvalue weighted by Gasteiger charge is 2.65. The molecule has 0 aromatic heterocycles. The van der Waals surface area contributed by atoms with Crippen molar-refractivity contribution in [3.8, 4) is 0 Å². The Balaban J connectivity index is 4.95. The van der Waals surface area contributed by atoms with Crippen molar-refractivity contribution >= 4 is 9.14 Å². The van der Waals surface area contributed by atoms with Gasteiger partial charge in [-0.25, -0.2) is 4.11 Å². The molecule has 0 aromatic carbocycles. The third-order valence-electron chi connectivity index (χ3n) is 0.713. The van der Waals surface area contributed by atoms with E-state index in [1.165, 1.54) is 0 Å².